The molecule has 0 saturated carbocycles. The van der Waals surface area contributed by atoms with Crippen molar-refractivity contribution < 1.29 is 9.72 Å². The second-order valence-electron chi connectivity index (χ2n) is 6.45. The van der Waals surface area contributed by atoms with Gasteiger partial charge in [0.2, 0.25) is 11.5 Å². The van der Waals surface area contributed by atoms with E-state index in [9.17, 15) is 5.26 Å². The molecule has 0 aliphatic carbocycles. The van der Waals surface area contributed by atoms with Gasteiger partial charge in [0.25, 0.3) is 0 Å². The third-order valence-electron chi connectivity index (χ3n) is 5.14. The molecule has 1 aliphatic heterocycles. The number of aromatic amines is 1. The summed E-state index contributed by atoms with van der Waals surface area (Å²) in [6.07, 6.45) is 0.929. The molecule has 5 nitrogen and oxygen atoms in total. The number of hydrogen-bond donors (Lipinski definition) is 2. The first kappa shape index (κ1) is 15.0. The summed E-state index contributed by atoms with van der Waals surface area (Å²) >= 11 is 0. The summed E-state index contributed by atoms with van der Waals surface area (Å²) in [5.41, 5.74) is 6.29. The summed E-state index contributed by atoms with van der Waals surface area (Å²) in [7, 11) is 0. The van der Waals surface area contributed by atoms with Gasteiger partial charge in [0.05, 0.1) is 0 Å². The molecule has 0 bridgehead atoms. The molecular formula is C19H23N5+2. The Bertz CT molecular complexity index is 957. The second kappa shape index (κ2) is 5.81. The van der Waals surface area contributed by atoms with Crippen molar-refractivity contribution in [3.63, 3.8) is 0 Å². The zero-order valence-electron chi connectivity index (χ0n) is 14.3. The third kappa shape index (κ3) is 2.07. The molecule has 3 N–H and O–H groups in total. The van der Waals surface area contributed by atoms with Crippen molar-refractivity contribution in [1.29, 1.82) is 5.26 Å². The van der Waals surface area contributed by atoms with Crippen LogP contribution in [0.25, 0.3) is 16.7 Å². The number of fused-ring (bicyclic) bond motifs is 3. The van der Waals surface area contributed by atoms with Crippen LogP contribution in [0.3, 0.4) is 0 Å². The minimum Gasteiger partial charge on any atom is -0.341 e. The molecule has 4 rings (SSSR count). The van der Waals surface area contributed by atoms with E-state index in [4.69, 9.17) is 0 Å². The topological polar surface area (TPSA) is 63.5 Å². The number of benzene rings is 1. The van der Waals surface area contributed by atoms with Gasteiger partial charge >= 0.3 is 0 Å². The molecule has 1 saturated heterocycles. The maximum absolute atomic E-state index is 9.76. The monoisotopic (exact) mass is 321 g/mol. The first-order chi connectivity index (χ1) is 11.8. The van der Waals surface area contributed by atoms with Crippen LogP contribution in [0, 0.1) is 18.3 Å². The Balaban J connectivity index is 2.16. The molecule has 1 aliphatic rings. The lowest BCUT2D eigenvalue weighted by Gasteiger charge is -2.25. The zero-order chi connectivity index (χ0) is 16.7. The Morgan fingerprint density at radius 3 is 2.75 bits per heavy atom. The summed E-state index contributed by atoms with van der Waals surface area (Å²) < 4.78 is 2.27. The highest BCUT2D eigenvalue weighted by Crippen LogP contribution is 2.28. The van der Waals surface area contributed by atoms with Crippen molar-refractivity contribution in [3.8, 4) is 6.07 Å². The fourth-order valence-electron chi connectivity index (χ4n) is 3.96. The van der Waals surface area contributed by atoms with Gasteiger partial charge in [-0.3, -0.25) is 9.88 Å². The Morgan fingerprint density at radius 2 is 2.04 bits per heavy atom. The van der Waals surface area contributed by atoms with E-state index in [1.165, 1.54) is 11.4 Å². The number of imidazole rings is 1. The molecule has 0 radical (unpaired) electrons. The van der Waals surface area contributed by atoms with Gasteiger partial charge in [-0.1, -0.05) is 19.1 Å². The standard InChI is InChI=1S/C19H21N5/c1-3-14-13(2)15(12-20)18-22-16-6-4-5-7-17(16)24(18)19(14)23-10-8-21-9-11-23/h4-7,21H,3,8-11H2,1-2H3/p+2. The number of aromatic nitrogens is 2. The number of anilines is 1. The Labute approximate surface area is 141 Å². The fraction of sp³-hybridized carbons (Fsp3) is 0.368. The number of nitrogens with two attached hydrogens (primary N) is 1. The van der Waals surface area contributed by atoms with E-state index in [0.29, 0.717) is 0 Å². The van der Waals surface area contributed by atoms with Crippen molar-refractivity contribution in [2.45, 2.75) is 20.3 Å². The van der Waals surface area contributed by atoms with E-state index in [1.807, 2.05) is 6.07 Å². The SMILES string of the molecule is CCc1c(C)c(C#N)c2[nH]c3ccccc3[n+]2c1N1CC[NH2+]CC1. The number of hydrogen-bond acceptors (Lipinski definition) is 2. The molecule has 3 aromatic rings. The smallest absolute Gasteiger partial charge is 0.250 e. The first-order valence-corrected chi connectivity index (χ1v) is 8.70. The highest BCUT2D eigenvalue weighted by atomic mass is 15.3. The normalized spacial score (nSPS) is 15.1. The Hall–Kier alpha value is -2.58. The van der Waals surface area contributed by atoms with Crippen molar-refractivity contribution >= 4 is 22.5 Å². The van der Waals surface area contributed by atoms with E-state index >= 15 is 0 Å². The lowest BCUT2D eigenvalue weighted by molar-refractivity contribution is -0.656. The maximum Gasteiger partial charge on any atom is 0.250 e. The van der Waals surface area contributed by atoms with Crippen LogP contribution < -0.4 is 14.6 Å². The zero-order valence-corrected chi connectivity index (χ0v) is 14.3. The van der Waals surface area contributed by atoms with Crippen LogP contribution in [-0.2, 0) is 6.42 Å². The summed E-state index contributed by atoms with van der Waals surface area (Å²) in [6.45, 7) is 8.59. The van der Waals surface area contributed by atoms with Gasteiger partial charge in [0.1, 0.15) is 48.8 Å². The molecule has 0 amide bonds. The summed E-state index contributed by atoms with van der Waals surface area (Å²) in [5.74, 6) is 1.26. The largest absolute Gasteiger partial charge is 0.341 e. The summed E-state index contributed by atoms with van der Waals surface area (Å²) in [5, 5.41) is 12.1. The third-order valence-corrected chi connectivity index (χ3v) is 5.14. The average Bonchev–Trinajstić information content (AvgIpc) is 3.00. The van der Waals surface area contributed by atoms with Gasteiger partial charge < -0.3 is 5.32 Å². The number of nitriles is 1. The van der Waals surface area contributed by atoms with E-state index < -0.39 is 0 Å². The molecule has 0 atom stereocenters. The molecule has 24 heavy (non-hydrogen) atoms. The van der Waals surface area contributed by atoms with Crippen molar-refractivity contribution in [3.05, 3.63) is 41.0 Å². The highest BCUT2D eigenvalue weighted by Gasteiger charge is 2.30. The van der Waals surface area contributed by atoms with E-state index in [2.05, 4.69) is 57.7 Å². The average molecular weight is 321 g/mol. The predicted octanol–water partition coefficient (Wildman–Crippen LogP) is 1.03. The van der Waals surface area contributed by atoms with Crippen molar-refractivity contribution in [1.82, 2.24) is 4.98 Å². The van der Waals surface area contributed by atoms with Crippen LogP contribution in [0.4, 0.5) is 5.82 Å². The van der Waals surface area contributed by atoms with Gasteiger partial charge in [-0.15, -0.1) is 0 Å². The number of quaternary nitrogens is 1. The van der Waals surface area contributed by atoms with E-state index in [-0.39, 0.29) is 0 Å². The van der Waals surface area contributed by atoms with Gasteiger partial charge in [-0.25, -0.2) is 0 Å². The van der Waals surface area contributed by atoms with E-state index in [0.717, 1.165) is 60.4 Å². The molecule has 0 spiro atoms. The number of nitrogens with zero attached hydrogens (tertiary/aromatic N) is 3. The van der Waals surface area contributed by atoms with Crippen LogP contribution in [0.1, 0.15) is 23.6 Å². The molecule has 0 unspecified atom stereocenters. The van der Waals surface area contributed by atoms with Gasteiger partial charge in [0, 0.05) is 5.56 Å². The summed E-state index contributed by atoms with van der Waals surface area (Å²) in [6, 6.07) is 10.7. The van der Waals surface area contributed by atoms with Gasteiger partial charge in [-0.2, -0.15) is 9.66 Å². The molecular weight excluding hydrogens is 298 g/mol. The van der Waals surface area contributed by atoms with Crippen molar-refractivity contribution in [2.75, 3.05) is 31.1 Å². The number of pyridine rings is 1. The van der Waals surface area contributed by atoms with Crippen molar-refractivity contribution in [2.24, 2.45) is 0 Å². The van der Waals surface area contributed by atoms with Crippen LogP contribution in [-0.4, -0.2) is 31.2 Å². The molecule has 3 heterocycles. The molecule has 5 heteroatoms. The lowest BCUT2D eigenvalue weighted by Crippen LogP contribution is -2.90. The number of piperazine rings is 1. The Kier molecular flexibility index (Phi) is 3.62. The lowest BCUT2D eigenvalue weighted by atomic mass is 10.0. The minimum absolute atomic E-state index is 0.760. The molecule has 1 fully saturated rings. The summed E-state index contributed by atoms with van der Waals surface area (Å²) in [4.78, 5) is 5.96. The van der Waals surface area contributed by atoms with Gasteiger partial charge in [-0.05, 0) is 31.0 Å². The molecule has 122 valence electrons. The van der Waals surface area contributed by atoms with Crippen LogP contribution in [0.5, 0.6) is 0 Å². The first-order valence-electron chi connectivity index (χ1n) is 8.70. The number of nitrogens with one attached hydrogen (secondary N) is 1. The Morgan fingerprint density at radius 1 is 1.29 bits per heavy atom. The van der Waals surface area contributed by atoms with Crippen LogP contribution in [0.15, 0.2) is 24.3 Å². The quantitative estimate of drug-likeness (QED) is 0.693. The number of H-pyrrole nitrogens is 1. The second-order valence-corrected chi connectivity index (χ2v) is 6.45. The van der Waals surface area contributed by atoms with Crippen LogP contribution >= 0.6 is 0 Å². The highest BCUT2D eigenvalue weighted by molar-refractivity contribution is 5.78. The van der Waals surface area contributed by atoms with Gasteiger partial charge in [0.15, 0.2) is 0 Å². The number of rotatable bonds is 2. The molecule has 1 aromatic carbocycles. The fourth-order valence-corrected chi connectivity index (χ4v) is 3.96. The molecule has 2 aromatic heterocycles. The maximum atomic E-state index is 9.76. The van der Waals surface area contributed by atoms with Crippen LogP contribution in [0.2, 0.25) is 0 Å². The number of para-hydroxylation sites is 2. The minimum atomic E-state index is 0.760. The van der Waals surface area contributed by atoms with E-state index in [1.54, 1.807) is 0 Å². The predicted molar refractivity (Wildman–Crippen MR) is 94.2 cm³/mol.